The third-order valence-corrected chi connectivity index (χ3v) is 6.24. The van der Waals surface area contributed by atoms with Crippen molar-refractivity contribution < 1.29 is 4.79 Å². The van der Waals surface area contributed by atoms with E-state index < -0.39 is 5.41 Å². The van der Waals surface area contributed by atoms with Crippen LogP contribution in [0.4, 0.5) is 11.4 Å². The molecule has 0 saturated heterocycles. The molecule has 1 heterocycles. The van der Waals surface area contributed by atoms with Crippen molar-refractivity contribution in [3.05, 3.63) is 94.5 Å². The number of anilines is 2. The van der Waals surface area contributed by atoms with Gasteiger partial charge in [0.1, 0.15) is 5.41 Å². The molecule has 0 saturated carbocycles. The molecule has 0 unspecified atom stereocenters. The topological polar surface area (TPSA) is 32.3 Å². The average Bonchev–Trinajstić information content (AvgIpc) is 2.95. The van der Waals surface area contributed by atoms with Crippen LogP contribution < -0.4 is 10.2 Å². The van der Waals surface area contributed by atoms with E-state index in [1.165, 1.54) is 0 Å². The molecule has 142 valence electrons. The number of benzene rings is 3. The van der Waals surface area contributed by atoms with Crippen LogP contribution in [0, 0.1) is 0 Å². The van der Waals surface area contributed by atoms with Crippen molar-refractivity contribution in [2.75, 3.05) is 17.3 Å². The van der Waals surface area contributed by atoms with Crippen molar-refractivity contribution in [3.63, 3.8) is 0 Å². The number of nitrogens with one attached hydrogen (secondary N) is 1. The second-order valence-corrected chi connectivity index (χ2v) is 8.12. The van der Waals surface area contributed by atoms with Gasteiger partial charge >= 0.3 is 0 Å². The van der Waals surface area contributed by atoms with Crippen LogP contribution in [0.15, 0.2) is 83.3 Å². The van der Waals surface area contributed by atoms with E-state index in [1.807, 2.05) is 67.7 Å². The van der Waals surface area contributed by atoms with Gasteiger partial charge in [-0.25, -0.2) is 0 Å². The van der Waals surface area contributed by atoms with Gasteiger partial charge in [0.25, 0.3) is 0 Å². The van der Waals surface area contributed by atoms with Gasteiger partial charge in [0.05, 0.1) is 6.04 Å². The zero-order valence-electron chi connectivity index (χ0n) is 16.0. The number of rotatable bonds is 5. The molecule has 4 heteroatoms. The van der Waals surface area contributed by atoms with E-state index in [9.17, 15) is 4.79 Å². The number of hydrogen-bond acceptors (Lipinski definition) is 2. The Bertz CT molecular complexity index is 1000. The van der Waals surface area contributed by atoms with Gasteiger partial charge in [-0.15, -0.1) is 0 Å². The summed E-state index contributed by atoms with van der Waals surface area (Å²) >= 11 is 3.55. The highest BCUT2D eigenvalue weighted by molar-refractivity contribution is 9.10. The Morgan fingerprint density at radius 1 is 1.00 bits per heavy atom. The molecule has 0 radical (unpaired) electrons. The minimum atomic E-state index is -0.672. The minimum Gasteiger partial charge on any atom is -0.377 e. The van der Waals surface area contributed by atoms with E-state index in [-0.39, 0.29) is 11.9 Å². The number of para-hydroxylation sites is 1. The lowest BCUT2D eigenvalue weighted by Crippen LogP contribution is -2.45. The average molecular weight is 435 g/mol. The maximum atomic E-state index is 13.7. The molecular weight excluding hydrogens is 412 g/mol. The zero-order chi connectivity index (χ0) is 19.7. The first-order chi connectivity index (χ1) is 13.6. The van der Waals surface area contributed by atoms with E-state index >= 15 is 0 Å². The fourth-order valence-corrected chi connectivity index (χ4v) is 4.77. The van der Waals surface area contributed by atoms with Gasteiger partial charge in [-0.1, -0.05) is 77.5 Å². The Morgan fingerprint density at radius 3 is 2.43 bits per heavy atom. The first-order valence-corrected chi connectivity index (χ1v) is 10.3. The number of hydrogen-bond donors (Lipinski definition) is 1. The molecule has 1 aliphatic heterocycles. The van der Waals surface area contributed by atoms with Gasteiger partial charge < -0.3 is 10.2 Å². The molecule has 0 spiro atoms. The van der Waals surface area contributed by atoms with Crippen molar-refractivity contribution >= 4 is 33.2 Å². The van der Waals surface area contributed by atoms with E-state index in [0.29, 0.717) is 6.42 Å². The molecule has 3 nitrogen and oxygen atoms in total. The Labute approximate surface area is 174 Å². The Kier molecular flexibility index (Phi) is 4.98. The lowest BCUT2D eigenvalue weighted by Gasteiger charge is -2.37. The molecule has 28 heavy (non-hydrogen) atoms. The van der Waals surface area contributed by atoms with Crippen LogP contribution >= 0.6 is 15.9 Å². The van der Waals surface area contributed by atoms with E-state index in [0.717, 1.165) is 27.0 Å². The number of fused-ring (bicyclic) bond motifs is 1. The van der Waals surface area contributed by atoms with Crippen LogP contribution in [0.5, 0.6) is 0 Å². The summed E-state index contributed by atoms with van der Waals surface area (Å²) in [5, 5.41) is 3.68. The summed E-state index contributed by atoms with van der Waals surface area (Å²) in [4.78, 5) is 15.5. The highest BCUT2D eigenvalue weighted by Crippen LogP contribution is 2.51. The molecule has 3 aromatic rings. The van der Waals surface area contributed by atoms with Crippen molar-refractivity contribution in [1.29, 1.82) is 0 Å². The van der Waals surface area contributed by atoms with E-state index in [2.05, 4.69) is 46.4 Å². The molecule has 4 rings (SSSR count). The van der Waals surface area contributed by atoms with Gasteiger partial charge in [0, 0.05) is 22.9 Å². The normalized spacial score (nSPS) is 19.4. The molecule has 1 amide bonds. The molecule has 0 fully saturated rings. The third kappa shape index (κ3) is 2.92. The SMILES string of the molecule is CC[C@@]1([C@@H](Nc2cccc(Br)c2)c2ccccc2)C(=O)N(C)c2ccccc21. The molecule has 0 bridgehead atoms. The summed E-state index contributed by atoms with van der Waals surface area (Å²) in [6.07, 6.45) is 0.702. The number of amides is 1. The Balaban J connectivity index is 1.91. The van der Waals surface area contributed by atoms with Crippen LogP contribution in [0.2, 0.25) is 0 Å². The summed E-state index contributed by atoms with van der Waals surface area (Å²) in [5.41, 5.74) is 3.49. The monoisotopic (exact) mass is 434 g/mol. The van der Waals surface area contributed by atoms with Gasteiger partial charge in [-0.05, 0) is 41.8 Å². The van der Waals surface area contributed by atoms with Crippen LogP contribution in [0.3, 0.4) is 0 Å². The molecule has 3 aromatic carbocycles. The smallest absolute Gasteiger partial charge is 0.239 e. The second kappa shape index (κ2) is 7.44. The summed E-state index contributed by atoms with van der Waals surface area (Å²) in [6.45, 7) is 2.10. The van der Waals surface area contributed by atoms with Crippen LogP contribution in [-0.2, 0) is 10.2 Å². The van der Waals surface area contributed by atoms with Crippen molar-refractivity contribution in [2.24, 2.45) is 0 Å². The lowest BCUT2D eigenvalue weighted by molar-refractivity contribution is -0.123. The van der Waals surface area contributed by atoms with E-state index in [4.69, 9.17) is 0 Å². The first-order valence-electron chi connectivity index (χ1n) is 9.52. The van der Waals surface area contributed by atoms with Gasteiger partial charge in [-0.3, -0.25) is 4.79 Å². The summed E-state index contributed by atoms with van der Waals surface area (Å²) in [6, 6.07) is 26.3. The van der Waals surface area contributed by atoms with Gasteiger partial charge in [0.2, 0.25) is 5.91 Å². The predicted octanol–water partition coefficient (Wildman–Crippen LogP) is 5.93. The quantitative estimate of drug-likeness (QED) is 0.539. The van der Waals surface area contributed by atoms with Crippen molar-refractivity contribution in [1.82, 2.24) is 0 Å². The predicted molar refractivity (Wildman–Crippen MR) is 119 cm³/mol. The number of carbonyl (C=O) groups is 1. The second-order valence-electron chi connectivity index (χ2n) is 7.20. The largest absolute Gasteiger partial charge is 0.377 e. The molecular formula is C24H23BrN2O. The van der Waals surface area contributed by atoms with Crippen LogP contribution in [0.1, 0.15) is 30.5 Å². The van der Waals surface area contributed by atoms with Gasteiger partial charge in [-0.2, -0.15) is 0 Å². The number of nitrogens with zero attached hydrogens (tertiary/aromatic N) is 1. The minimum absolute atomic E-state index is 0.132. The fraction of sp³-hybridized carbons (Fsp3) is 0.208. The zero-order valence-corrected chi connectivity index (χ0v) is 17.6. The number of carbonyl (C=O) groups excluding carboxylic acids is 1. The summed E-state index contributed by atoms with van der Waals surface area (Å²) in [5.74, 6) is 0.132. The fourth-order valence-electron chi connectivity index (χ4n) is 4.37. The van der Waals surface area contributed by atoms with E-state index in [1.54, 1.807) is 4.90 Å². The molecule has 1 N–H and O–H groups in total. The lowest BCUT2D eigenvalue weighted by atomic mass is 9.70. The highest BCUT2D eigenvalue weighted by atomic mass is 79.9. The highest BCUT2D eigenvalue weighted by Gasteiger charge is 2.54. The van der Waals surface area contributed by atoms with Crippen LogP contribution in [0.25, 0.3) is 0 Å². The molecule has 0 aromatic heterocycles. The molecule has 1 aliphatic rings. The molecule has 2 atom stereocenters. The maximum Gasteiger partial charge on any atom is 0.239 e. The van der Waals surface area contributed by atoms with Crippen molar-refractivity contribution in [3.8, 4) is 0 Å². The number of halogens is 1. The third-order valence-electron chi connectivity index (χ3n) is 5.75. The van der Waals surface area contributed by atoms with Crippen molar-refractivity contribution in [2.45, 2.75) is 24.8 Å². The van der Waals surface area contributed by atoms with Gasteiger partial charge in [0.15, 0.2) is 0 Å². The first kappa shape index (κ1) is 18.8. The molecule has 0 aliphatic carbocycles. The Hall–Kier alpha value is -2.59. The summed E-state index contributed by atoms with van der Waals surface area (Å²) in [7, 11) is 1.87. The number of likely N-dealkylation sites (N-methyl/N-ethyl adjacent to an activating group) is 1. The Morgan fingerprint density at radius 2 is 1.71 bits per heavy atom. The summed E-state index contributed by atoms with van der Waals surface area (Å²) < 4.78 is 1.00. The maximum absolute atomic E-state index is 13.7. The van der Waals surface area contributed by atoms with Crippen LogP contribution in [-0.4, -0.2) is 13.0 Å². The standard InChI is InChI=1S/C24H23BrN2O/c1-3-24(20-14-7-8-15-21(20)27(2)23(24)28)22(17-10-5-4-6-11-17)26-19-13-9-12-18(25)16-19/h4-16,22,26H,3H2,1-2H3/t22-,24+/m0/s1.